The molecule has 2 aromatic heterocycles. The van der Waals surface area contributed by atoms with Crippen molar-refractivity contribution in [2.75, 3.05) is 7.05 Å². The summed E-state index contributed by atoms with van der Waals surface area (Å²) in [5, 5.41) is 10.7. The number of aromatic hydroxyl groups is 1. The third kappa shape index (κ3) is 1.48. The standard InChI is InChI=1S/C11H13N3O/c1-6-4-8-9(5-13-6)14-11(15)10(8)7(2)12-3/h4-5,14-15H,1-3H3. The van der Waals surface area contributed by atoms with E-state index in [2.05, 4.69) is 15.0 Å². The molecule has 0 saturated heterocycles. The molecule has 0 aromatic carbocycles. The Morgan fingerprint density at radius 3 is 2.93 bits per heavy atom. The highest BCUT2D eigenvalue weighted by Crippen LogP contribution is 2.27. The molecule has 0 saturated carbocycles. The number of hydrogen-bond donors (Lipinski definition) is 2. The van der Waals surface area contributed by atoms with Crippen LogP contribution in [0.5, 0.6) is 5.88 Å². The monoisotopic (exact) mass is 203 g/mol. The van der Waals surface area contributed by atoms with Gasteiger partial charge in [-0.2, -0.15) is 0 Å². The molecule has 0 fully saturated rings. The van der Waals surface area contributed by atoms with Crippen LogP contribution in [-0.4, -0.2) is 27.8 Å². The van der Waals surface area contributed by atoms with Gasteiger partial charge in [0.2, 0.25) is 0 Å². The maximum atomic E-state index is 9.76. The smallest absolute Gasteiger partial charge is 0.198 e. The third-order valence-electron chi connectivity index (χ3n) is 2.50. The van der Waals surface area contributed by atoms with Crippen LogP contribution in [-0.2, 0) is 0 Å². The van der Waals surface area contributed by atoms with Crippen molar-refractivity contribution in [3.8, 4) is 5.88 Å². The van der Waals surface area contributed by atoms with Crippen molar-refractivity contribution in [2.24, 2.45) is 4.99 Å². The van der Waals surface area contributed by atoms with E-state index in [1.165, 1.54) is 0 Å². The van der Waals surface area contributed by atoms with E-state index in [-0.39, 0.29) is 5.88 Å². The van der Waals surface area contributed by atoms with Crippen molar-refractivity contribution in [1.82, 2.24) is 9.97 Å². The van der Waals surface area contributed by atoms with Crippen LogP contribution in [0.1, 0.15) is 18.2 Å². The lowest BCUT2D eigenvalue weighted by Gasteiger charge is -1.98. The molecule has 0 aliphatic rings. The second-order valence-corrected chi connectivity index (χ2v) is 3.53. The van der Waals surface area contributed by atoms with E-state index in [0.717, 1.165) is 27.9 Å². The number of nitrogens with zero attached hydrogens (tertiary/aromatic N) is 2. The molecule has 2 rings (SSSR count). The fourth-order valence-electron chi connectivity index (χ4n) is 1.66. The van der Waals surface area contributed by atoms with E-state index in [4.69, 9.17) is 0 Å². The third-order valence-corrected chi connectivity index (χ3v) is 2.50. The number of aromatic nitrogens is 2. The first-order chi connectivity index (χ1) is 7.13. The minimum absolute atomic E-state index is 0.153. The van der Waals surface area contributed by atoms with Gasteiger partial charge in [-0.25, -0.2) is 0 Å². The topological polar surface area (TPSA) is 61.3 Å². The number of aliphatic imine (C=N–C) groups is 1. The maximum absolute atomic E-state index is 9.76. The Bertz CT molecular complexity index is 540. The molecule has 4 nitrogen and oxygen atoms in total. The van der Waals surface area contributed by atoms with Crippen LogP contribution in [0, 0.1) is 6.92 Å². The maximum Gasteiger partial charge on any atom is 0.198 e. The zero-order valence-corrected chi connectivity index (χ0v) is 9.00. The van der Waals surface area contributed by atoms with Crippen molar-refractivity contribution in [3.63, 3.8) is 0 Å². The molecule has 0 atom stereocenters. The number of aromatic amines is 1. The lowest BCUT2D eigenvalue weighted by molar-refractivity contribution is 0.457. The van der Waals surface area contributed by atoms with Gasteiger partial charge in [-0.05, 0) is 19.9 Å². The molecule has 78 valence electrons. The van der Waals surface area contributed by atoms with Gasteiger partial charge in [0.05, 0.1) is 17.3 Å². The molecule has 0 unspecified atom stereocenters. The predicted octanol–water partition coefficient (Wildman–Crippen LogP) is 2.02. The Kier molecular flexibility index (Phi) is 2.19. The minimum Gasteiger partial charge on any atom is -0.494 e. The molecule has 2 aromatic rings. The first-order valence-electron chi connectivity index (χ1n) is 4.74. The summed E-state index contributed by atoms with van der Waals surface area (Å²) in [6.45, 7) is 3.80. The number of rotatable bonds is 1. The molecule has 0 radical (unpaired) electrons. The van der Waals surface area contributed by atoms with Gasteiger partial charge in [0, 0.05) is 23.8 Å². The number of H-pyrrole nitrogens is 1. The van der Waals surface area contributed by atoms with Crippen molar-refractivity contribution in [3.05, 3.63) is 23.5 Å². The van der Waals surface area contributed by atoms with Gasteiger partial charge in [0.15, 0.2) is 5.88 Å². The summed E-state index contributed by atoms with van der Waals surface area (Å²) in [6.07, 6.45) is 1.72. The van der Waals surface area contributed by atoms with Crippen LogP contribution >= 0.6 is 0 Å². The average Bonchev–Trinajstić information content (AvgIpc) is 2.52. The van der Waals surface area contributed by atoms with Crippen LogP contribution in [0.3, 0.4) is 0 Å². The van der Waals surface area contributed by atoms with Crippen molar-refractivity contribution in [2.45, 2.75) is 13.8 Å². The Balaban J connectivity index is 2.82. The highest BCUT2D eigenvalue weighted by Gasteiger charge is 2.13. The number of nitrogens with one attached hydrogen (secondary N) is 1. The predicted molar refractivity (Wildman–Crippen MR) is 60.6 cm³/mol. The van der Waals surface area contributed by atoms with Gasteiger partial charge in [0.25, 0.3) is 0 Å². The summed E-state index contributed by atoms with van der Waals surface area (Å²) in [7, 11) is 1.71. The summed E-state index contributed by atoms with van der Waals surface area (Å²) >= 11 is 0. The van der Waals surface area contributed by atoms with Gasteiger partial charge in [0.1, 0.15) is 0 Å². The number of hydrogen-bond acceptors (Lipinski definition) is 3. The summed E-state index contributed by atoms with van der Waals surface area (Å²) < 4.78 is 0. The van der Waals surface area contributed by atoms with E-state index in [1.54, 1.807) is 13.2 Å². The number of pyridine rings is 1. The Morgan fingerprint density at radius 2 is 2.27 bits per heavy atom. The summed E-state index contributed by atoms with van der Waals surface area (Å²) in [4.78, 5) is 11.1. The van der Waals surface area contributed by atoms with E-state index in [9.17, 15) is 5.11 Å². The van der Waals surface area contributed by atoms with Gasteiger partial charge in [-0.1, -0.05) is 0 Å². The van der Waals surface area contributed by atoms with E-state index in [1.807, 2.05) is 19.9 Å². The first kappa shape index (κ1) is 9.71. The summed E-state index contributed by atoms with van der Waals surface area (Å²) in [6, 6.07) is 1.94. The SMILES string of the molecule is CN=C(C)c1c(O)[nH]c2cnc(C)cc12. The fourth-order valence-corrected chi connectivity index (χ4v) is 1.66. The van der Waals surface area contributed by atoms with Crippen LogP contribution in [0.25, 0.3) is 10.9 Å². The number of aryl methyl sites for hydroxylation is 1. The molecular weight excluding hydrogens is 190 g/mol. The van der Waals surface area contributed by atoms with Crippen molar-refractivity contribution in [1.29, 1.82) is 0 Å². The second kappa shape index (κ2) is 3.38. The van der Waals surface area contributed by atoms with Gasteiger partial charge in [-0.15, -0.1) is 0 Å². The van der Waals surface area contributed by atoms with E-state index in [0.29, 0.717) is 0 Å². The highest BCUT2D eigenvalue weighted by molar-refractivity contribution is 6.11. The average molecular weight is 203 g/mol. The first-order valence-corrected chi connectivity index (χ1v) is 4.74. The van der Waals surface area contributed by atoms with E-state index < -0.39 is 0 Å². The Morgan fingerprint density at radius 1 is 1.53 bits per heavy atom. The zero-order chi connectivity index (χ0) is 11.0. The zero-order valence-electron chi connectivity index (χ0n) is 9.00. The van der Waals surface area contributed by atoms with Crippen molar-refractivity contribution >= 4 is 16.6 Å². The van der Waals surface area contributed by atoms with Gasteiger partial charge >= 0.3 is 0 Å². The highest BCUT2D eigenvalue weighted by atomic mass is 16.3. The summed E-state index contributed by atoms with van der Waals surface area (Å²) in [5.41, 5.74) is 3.32. The lowest BCUT2D eigenvalue weighted by atomic mass is 10.1. The number of fused-ring (bicyclic) bond motifs is 1. The Labute approximate surface area is 87.7 Å². The molecule has 15 heavy (non-hydrogen) atoms. The molecule has 0 amide bonds. The molecule has 0 spiro atoms. The lowest BCUT2D eigenvalue weighted by Crippen LogP contribution is -1.93. The van der Waals surface area contributed by atoms with Crippen LogP contribution in [0.2, 0.25) is 0 Å². The van der Waals surface area contributed by atoms with Crippen LogP contribution in [0.15, 0.2) is 17.3 Å². The molecule has 0 bridgehead atoms. The minimum atomic E-state index is 0.153. The molecule has 2 heterocycles. The van der Waals surface area contributed by atoms with E-state index >= 15 is 0 Å². The normalized spacial score (nSPS) is 12.3. The fraction of sp³-hybridized carbons (Fsp3) is 0.273. The summed E-state index contributed by atoms with van der Waals surface area (Å²) in [5.74, 6) is 0.153. The molecule has 0 aliphatic carbocycles. The molecule has 4 heteroatoms. The van der Waals surface area contributed by atoms with Crippen LogP contribution in [0.4, 0.5) is 0 Å². The van der Waals surface area contributed by atoms with Crippen molar-refractivity contribution < 1.29 is 5.11 Å². The molecular formula is C11H13N3O. The van der Waals surface area contributed by atoms with Gasteiger partial charge < -0.3 is 10.1 Å². The molecule has 2 N–H and O–H groups in total. The Hall–Kier alpha value is -1.84. The van der Waals surface area contributed by atoms with Gasteiger partial charge in [-0.3, -0.25) is 9.98 Å². The quantitative estimate of drug-likeness (QED) is 0.696. The second-order valence-electron chi connectivity index (χ2n) is 3.53. The van der Waals surface area contributed by atoms with Crippen LogP contribution < -0.4 is 0 Å². The largest absolute Gasteiger partial charge is 0.494 e. The molecule has 0 aliphatic heterocycles.